The molecule has 114 valence electrons. The zero-order chi connectivity index (χ0) is 15.8. The van der Waals surface area contributed by atoms with E-state index in [4.69, 9.17) is 5.73 Å². The fourth-order valence-electron chi connectivity index (χ4n) is 2.81. The molecule has 1 unspecified atom stereocenters. The van der Waals surface area contributed by atoms with Crippen LogP contribution in [0.4, 0.5) is 5.69 Å². The number of hydrogen-bond donors (Lipinski definition) is 3. The molecule has 0 radical (unpaired) electrons. The van der Waals surface area contributed by atoms with E-state index < -0.39 is 0 Å². The third-order valence-electron chi connectivity index (χ3n) is 3.92. The van der Waals surface area contributed by atoms with E-state index in [9.17, 15) is 0 Å². The van der Waals surface area contributed by atoms with Gasteiger partial charge >= 0.3 is 0 Å². The minimum atomic E-state index is 0.0897. The summed E-state index contributed by atoms with van der Waals surface area (Å²) in [7, 11) is 0. The van der Waals surface area contributed by atoms with E-state index in [0.717, 1.165) is 16.8 Å². The van der Waals surface area contributed by atoms with Gasteiger partial charge in [-0.15, -0.1) is 16.4 Å². The number of anilines is 1. The predicted octanol–water partition coefficient (Wildman–Crippen LogP) is 3.24. The molecule has 4 rings (SSSR count). The highest BCUT2D eigenvalue weighted by atomic mass is 32.1. The standard InChI is InChI=1S/C17H15N5S/c1-19-22-17(18)11-6-7-13-12(8-11)16(21-20-13)15-9-10-4-2-3-5-14(10)23-15/h2-9,16,20-21H,1H2,(H2,18,22). The number of nitrogens with two attached hydrogens (primary N) is 1. The third-order valence-corrected chi connectivity index (χ3v) is 5.10. The molecule has 3 aromatic rings. The van der Waals surface area contributed by atoms with E-state index in [2.05, 4.69) is 58.1 Å². The van der Waals surface area contributed by atoms with Gasteiger partial charge in [0.15, 0.2) is 5.84 Å². The summed E-state index contributed by atoms with van der Waals surface area (Å²) in [4.78, 5) is 1.26. The van der Waals surface area contributed by atoms with Gasteiger partial charge in [0, 0.05) is 27.4 Å². The molecule has 0 amide bonds. The van der Waals surface area contributed by atoms with E-state index in [1.165, 1.54) is 15.0 Å². The Morgan fingerprint density at radius 1 is 1.17 bits per heavy atom. The normalized spacial score (nSPS) is 17.0. The zero-order valence-electron chi connectivity index (χ0n) is 12.3. The van der Waals surface area contributed by atoms with Gasteiger partial charge in [-0.3, -0.25) is 0 Å². The van der Waals surface area contributed by atoms with Crippen LogP contribution in [0.25, 0.3) is 10.1 Å². The summed E-state index contributed by atoms with van der Waals surface area (Å²) in [6.07, 6.45) is 0. The molecule has 1 aliphatic rings. The second kappa shape index (κ2) is 5.49. The molecule has 6 heteroatoms. The monoisotopic (exact) mass is 321 g/mol. The summed E-state index contributed by atoms with van der Waals surface area (Å²) >= 11 is 1.79. The summed E-state index contributed by atoms with van der Waals surface area (Å²) in [6, 6.07) is 16.7. The van der Waals surface area contributed by atoms with Crippen molar-refractivity contribution in [1.82, 2.24) is 5.43 Å². The van der Waals surface area contributed by atoms with Crippen LogP contribution >= 0.6 is 11.3 Å². The van der Waals surface area contributed by atoms with Gasteiger partial charge in [-0.05, 0) is 35.7 Å². The second-order valence-corrected chi connectivity index (χ2v) is 6.43. The van der Waals surface area contributed by atoms with Crippen molar-refractivity contribution in [3.05, 3.63) is 64.5 Å². The summed E-state index contributed by atoms with van der Waals surface area (Å²) in [5.74, 6) is 0.366. The number of hydrogen-bond acceptors (Lipinski definition) is 5. The summed E-state index contributed by atoms with van der Waals surface area (Å²) < 4.78 is 1.28. The van der Waals surface area contributed by atoms with Crippen molar-refractivity contribution in [2.45, 2.75) is 6.04 Å². The fourth-order valence-corrected chi connectivity index (χ4v) is 3.94. The first-order chi connectivity index (χ1) is 11.3. The lowest BCUT2D eigenvalue weighted by Crippen LogP contribution is -2.18. The van der Waals surface area contributed by atoms with Gasteiger partial charge in [0.25, 0.3) is 0 Å². The van der Waals surface area contributed by atoms with Crippen LogP contribution in [0.3, 0.4) is 0 Å². The Morgan fingerprint density at radius 2 is 2.04 bits per heavy atom. The smallest absolute Gasteiger partial charge is 0.153 e. The van der Waals surface area contributed by atoms with Crippen LogP contribution < -0.4 is 16.6 Å². The molecule has 1 aromatic heterocycles. The number of fused-ring (bicyclic) bond motifs is 2. The van der Waals surface area contributed by atoms with E-state index in [-0.39, 0.29) is 6.04 Å². The van der Waals surface area contributed by atoms with Gasteiger partial charge in [-0.25, -0.2) is 5.43 Å². The summed E-state index contributed by atoms with van der Waals surface area (Å²) in [5.41, 5.74) is 15.5. The Morgan fingerprint density at radius 3 is 2.87 bits per heavy atom. The van der Waals surface area contributed by atoms with Crippen LogP contribution in [-0.2, 0) is 0 Å². The highest BCUT2D eigenvalue weighted by Gasteiger charge is 2.25. The topological polar surface area (TPSA) is 74.8 Å². The molecule has 0 saturated carbocycles. The molecule has 1 atom stereocenters. The molecular weight excluding hydrogens is 306 g/mol. The zero-order valence-corrected chi connectivity index (χ0v) is 13.1. The van der Waals surface area contributed by atoms with Gasteiger partial charge in [-0.1, -0.05) is 18.2 Å². The quantitative estimate of drug-likeness (QED) is 0.394. The Hall–Kier alpha value is -2.70. The Kier molecular flexibility index (Phi) is 3.33. The first kappa shape index (κ1) is 13.9. The first-order valence-corrected chi connectivity index (χ1v) is 8.01. The SMILES string of the molecule is C=N/N=C(\N)c1ccc2c(c1)C(c1cc3ccccc3s1)NN2. The van der Waals surface area contributed by atoms with Gasteiger partial charge in [0.2, 0.25) is 0 Å². The van der Waals surface area contributed by atoms with E-state index in [1.807, 2.05) is 18.2 Å². The van der Waals surface area contributed by atoms with Crippen molar-refractivity contribution < 1.29 is 0 Å². The number of hydrazine groups is 1. The van der Waals surface area contributed by atoms with E-state index in [0.29, 0.717) is 5.84 Å². The lowest BCUT2D eigenvalue weighted by atomic mass is 10.0. The van der Waals surface area contributed by atoms with Crippen LogP contribution in [-0.4, -0.2) is 12.6 Å². The minimum Gasteiger partial charge on any atom is -0.382 e. The van der Waals surface area contributed by atoms with Gasteiger partial charge in [-0.2, -0.15) is 5.10 Å². The maximum atomic E-state index is 5.92. The first-order valence-electron chi connectivity index (χ1n) is 7.20. The maximum Gasteiger partial charge on any atom is 0.153 e. The Balaban J connectivity index is 1.78. The molecule has 4 N–H and O–H groups in total. The molecule has 0 spiro atoms. The number of nitrogens with one attached hydrogen (secondary N) is 2. The second-order valence-electron chi connectivity index (χ2n) is 5.32. The number of nitrogens with zero attached hydrogens (tertiary/aromatic N) is 2. The molecule has 5 nitrogen and oxygen atoms in total. The molecule has 0 fully saturated rings. The Bertz CT molecular complexity index is 895. The molecule has 2 aromatic carbocycles. The van der Waals surface area contributed by atoms with Crippen LogP contribution in [0.15, 0.2) is 58.7 Å². The van der Waals surface area contributed by atoms with E-state index in [1.54, 1.807) is 11.3 Å². The molecular formula is C17H15N5S. The van der Waals surface area contributed by atoms with Crippen LogP contribution in [0.5, 0.6) is 0 Å². The van der Waals surface area contributed by atoms with Crippen molar-refractivity contribution >= 4 is 39.7 Å². The van der Waals surface area contributed by atoms with Crippen molar-refractivity contribution in [3.63, 3.8) is 0 Å². The van der Waals surface area contributed by atoms with E-state index >= 15 is 0 Å². The summed E-state index contributed by atoms with van der Waals surface area (Å²) in [5, 5.41) is 8.58. The van der Waals surface area contributed by atoms with Crippen LogP contribution in [0, 0.1) is 0 Å². The van der Waals surface area contributed by atoms with Crippen LogP contribution in [0.1, 0.15) is 22.0 Å². The van der Waals surface area contributed by atoms with Crippen molar-refractivity contribution in [3.8, 4) is 0 Å². The Labute approximate surface area is 137 Å². The van der Waals surface area contributed by atoms with Crippen molar-refractivity contribution in [2.24, 2.45) is 15.9 Å². The predicted molar refractivity (Wildman–Crippen MR) is 97.1 cm³/mol. The molecule has 0 bridgehead atoms. The molecule has 0 aliphatic carbocycles. The van der Waals surface area contributed by atoms with Gasteiger partial charge in [0.05, 0.1) is 11.7 Å². The maximum absolute atomic E-state index is 5.92. The molecule has 2 heterocycles. The number of rotatable bonds is 3. The van der Waals surface area contributed by atoms with Gasteiger partial charge in [0.1, 0.15) is 0 Å². The number of benzene rings is 2. The fraction of sp³-hybridized carbons (Fsp3) is 0.0588. The van der Waals surface area contributed by atoms with Crippen molar-refractivity contribution in [1.29, 1.82) is 0 Å². The molecule has 23 heavy (non-hydrogen) atoms. The highest BCUT2D eigenvalue weighted by molar-refractivity contribution is 7.19. The average molecular weight is 321 g/mol. The van der Waals surface area contributed by atoms with Crippen LogP contribution in [0.2, 0.25) is 0 Å². The largest absolute Gasteiger partial charge is 0.382 e. The molecule has 1 aliphatic heterocycles. The third kappa shape index (κ3) is 2.38. The average Bonchev–Trinajstić information content (AvgIpc) is 3.17. The lowest BCUT2D eigenvalue weighted by molar-refractivity contribution is 0.742. The summed E-state index contributed by atoms with van der Waals surface area (Å²) in [6.45, 7) is 3.34. The van der Waals surface area contributed by atoms with Crippen molar-refractivity contribution in [2.75, 3.05) is 5.43 Å². The highest BCUT2D eigenvalue weighted by Crippen LogP contribution is 2.38. The molecule has 0 saturated heterocycles. The minimum absolute atomic E-state index is 0.0897. The van der Waals surface area contributed by atoms with Gasteiger partial charge < -0.3 is 11.2 Å². The lowest BCUT2D eigenvalue weighted by Gasteiger charge is -2.09. The number of amidine groups is 1. The number of thiophene rings is 1.